The summed E-state index contributed by atoms with van der Waals surface area (Å²) < 4.78 is 6.17. The highest BCUT2D eigenvalue weighted by Crippen LogP contribution is 2.40. The number of aromatic amines is 1. The Bertz CT molecular complexity index is 703. The van der Waals surface area contributed by atoms with Crippen LogP contribution in [0.25, 0.3) is 0 Å². The van der Waals surface area contributed by atoms with Crippen molar-refractivity contribution in [2.75, 3.05) is 0 Å². The van der Waals surface area contributed by atoms with Crippen LogP contribution >= 0.6 is 0 Å². The largest absolute Gasteiger partial charge is 0.487 e. The third kappa shape index (κ3) is 3.42. The van der Waals surface area contributed by atoms with Crippen LogP contribution in [0, 0.1) is 13.8 Å². The molecule has 1 aromatic heterocycles. The molecular formula is C19H27N3O. The molecule has 23 heavy (non-hydrogen) atoms. The topological polar surface area (TPSA) is 49.9 Å². The summed E-state index contributed by atoms with van der Waals surface area (Å²) >= 11 is 0. The maximum Gasteiger partial charge on any atom is 0.125 e. The first-order chi connectivity index (χ1) is 10.9. The zero-order chi connectivity index (χ0) is 16.6. The smallest absolute Gasteiger partial charge is 0.125 e. The highest BCUT2D eigenvalue weighted by atomic mass is 16.5. The molecule has 0 saturated heterocycles. The fourth-order valence-corrected chi connectivity index (χ4v) is 3.26. The molecule has 2 aromatic rings. The lowest BCUT2D eigenvalue weighted by atomic mass is 9.89. The van der Waals surface area contributed by atoms with Crippen LogP contribution in [0.1, 0.15) is 61.6 Å². The van der Waals surface area contributed by atoms with Gasteiger partial charge in [0, 0.05) is 36.7 Å². The molecule has 0 amide bonds. The van der Waals surface area contributed by atoms with Crippen molar-refractivity contribution in [2.45, 2.75) is 65.6 Å². The maximum absolute atomic E-state index is 6.17. The standard InChI is InChI=1S/C19H27N3O/c1-6-18-21-13(3)16(22-18)11-20-15-10-19(4,5)23-17-9-12(2)7-8-14(15)17/h7-9,15,20H,6,10-11H2,1-5H3,(H,21,22). The second kappa shape index (κ2) is 6.00. The van der Waals surface area contributed by atoms with E-state index in [1.165, 1.54) is 11.1 Å². The van der Waals surface area contributed by atoms with Crippen molar-refractivity contribution in [3.8, 4) is 5.75 Å². The number of rotatable bonds is 4. The van der Waals surface area contributed by atoms with Gasteiger partial charge in [-0.15, -0.1) is 0 Å². The normalized spacial score (nSPS) is 19.3. The number of aromatic nitrogens is 2. The first kappa shape index (κ1) is 16.1. The number of nitrogens with one attached hydrogen (secondary N) is 2. The average molecular weight is 313 g/mol. The molecule has 0 bridgehead atoms. The minimum Gasteiger partial charge on any atom is -0.487 e. The second-order valence-corrected chi connectivity index (χ2v) is 7.15. The molecule has 1 aliphatic rings. The van der Waals surface area contributed by atoms with E-state index >= 15 is 0 Å². The number of fused-ring (bicyclic) bond motifs is 1. The zero-order valence-corrected chi connectivity index (χ0v) is 14.8. The van der Waals surface area contributed by atoms with Crippen molar-refractivity contribution in [2.24, 2.45) is 0 Å². The molecule has 1 aliphatic heterocycles. The van der Waals surface area contributed by atoms with Gasteiger partial charge in [-0.05, 0) is 39.3 Å². The van der Waals surface area contributed by atoms with Crippen LogP contribution < -0.4 is 10.1 Å². The van der Waals surface area contributed by atoms with Crippen LogP contribution in [-0.2, 0) is 13.0 Å². The Kier molecular flexibility index (Phi) is 4.19. The Morgan fingerprint density at radius 1 is 1.35 bits per heavy atom. The molecular weight excluding hydrogens is 286 g/mol. The Labute approximate surface area is 138 Å². The first-order valence-electron chi connectivity index (χ1n) is 8.45. The van der Waals surface area contributed by atoms with Crippen molar-refractivity contribution in [3.05, 3.63) is 46.5 Å². The van der Waals surface area contributed by atoms with E-state index in [1.807, 2.05) is 0 Å². The summed E-state index contributed by atoms with van der Waals surface area (Å²) in [6, 6.07) is 6.77. The van der Waals surface area contributed by atoms with E-state index < -0.39 is 0 Å². The molecule has 2 N–H and O–H groups in total. The van der Waals surface area contributed by atoms with E-state index in [9.17, 15) is 0 Å². The highest BCUT2D eigenvalue weighted by molar-refractivity contribution is 5.41. The predicted octanol–water partition coefficient (Wildman–Crippen LogP) is 3.98. The van der Waals surface area contributed by atoms with Crippen molar-refractivity contribution in [3.63, 3.8) is 0 Å². The van der Waals surface area contributed by atoms with E-state index in [0.29, 0.717) is 0 Å². The Morgan fingerprint density at radius 2 is 2.13 bits per heavy atom. The SMILES string of the molecule is CCc1nc(CNC2CC(C)(C)Oc3cc(C)ccc32)c(C)[nH]1. The van der Waals surface area contributed by atoms with Gasteiger partial charge in [-0.2, -0.15) is 0 Å². The third-order valence-corrected chi connectivity index (χ3v) is 4.51. The molecule has 0 aliphatic carbocycles. The number of hydrogen-bond donors (Lipinski definition) is 2. The van der Waals surface area contributed by atoms with Crippen molar-refractivity contribution in [1.82, 2.24) is 15.3 Å². The van der Waals surface area contributed by atoms with Crippen molar-refractivity contribution < 1.29 is 4.74 Å². The lowest BCUT2D eigenvalue weighted by molar-refractivity contribution is 0.0656. The lowest BCUT2D eigenvalue weighted by Crippen LogP contribution is -2.39. The van der Waals surface area contributed by atoms with Crippen LogP contribution in [0.5, 0.6) is 5.75 Å². The monoisotopic (exact) mass is 313 g/mol. The second-order valence-electron chi connectivity index (χ2n) is 7.15. The van der Waals surface area contributed by atoms with Gasteiger partial charge in [-0.1, -0.05) is 19.1 Å². The number of nitrogens with zero attached hydrogens (tertiary/aromatic N) is 1. The Balaban J connectivity index is 1.81. The summed E-state index contributed by atoms with van der Waals surface area (Å²) in [5, 5.41) is 3.68. The van der Waals surface area contributed by atoms with Gasteiger partial charge in [0.1, 0.15) is 17.2 Å². The molecule has 1 unspecified atom stereocenters. The van der Waals surface area contributed by atoms with E-state index in [4.69, 9.17) is 4.74 Å². The van der Waals surface area contributed by atoms with Gasteiger partial charge in [0.2, 0.25) is 0 Å². The fourth-order valence-electron chi connectivity index (χ4n) is 3.26. The van der Waals surface area contributed by atoms with Gasteiger partial charge < -0.3 is 15.0 Å². The van der Waals surface area contributed by atoms with E-state index in [-0.39, 0.29) is 11.6 Å². The van der Waals surface area contributed by atoms with E-state index in [2.05, 4.69) is 68.1 Å². The van der Waals surface area contributed by atoms with Gasteiger partial charge in [0.25, 0.3) is 0 Å². The van der Waals surface area contributed by atoms with Gasteiger partial charge in [0.15, 0.2) is 0 Å². The van der Waals surface area contributed by atoms with Crippen LogP contribution in [0.3, 0.4) is 0 Å². The van der Waals surface area contributed by atoms with Gasteiger partial charge in [0.05, 0.1) is 5.69 Å². The van der Waals surface area contributed by atoms with Crippen LogP contribution in [-0.4, -0.2) is 15.6 Å². The molecule has 1 atom stereocenters. The molecule has 1 aromatic carbocycles. The highest BCUT2D eigenvalue weighted by Gasteiger charge is 2.33. The van der Waals surface area contributed by atoms with Gasteiger partial charge in [-0.25, -0.2) is 4.98 Å². The molecule has 2 heterocycles. The molecule has 0 radical (unpaired) electrons. The average Bonchev–Trinajstić information content (AvgIpc) is 2.83. The number of aryl methyl sites for hydroxylation is 3. The minimum atomic E-state index is -0.159. The molecule has 0 fully saturated rings. The lowest BCUT2D eigenvalue weighted by Gasteiger charge is -2.38. The summed E-state index contributed by atoms with van der Waals surface area (Å²) in [7, 11) is 0. The Morgan fingerprint density at radius 3 is 2.83 bits per heavy atom. The summed E-state index contributed by atoms with van der Waals surface area (Å²) in [6.45, 7) is 11.4. The number of H-pyrrole nitrogens is 1. The van der Waals surface area contributed by atoms with Gasteiger partial charge >= 0.3 is 0 Å². The van der Waals surface area contributed by atoms with Crippen LogP contribution in [0.2, 0.25) is 0 Å². The summed E-state index contributed by atoms with van der Waals surface area (Å²) in [6.07, 6.45) is 1.89. The van der Waals surface area contributed by atoms with E-state index in [0.717, 1.165) is 42.3 Å². The molecule has 0 saturated carbocycles. The zero-order valence-electron chi connectivity index (χ0n) is 14.8. The van der Waals surface area contributed by atoms with Gasteiger partial charge in [-0.3, -0.25) is 0 Å². The first-order valence-corrected chi connectivity index (χ1v) is 8.45. The molecule has 124 valence electrons. The number of imidazole rings is 1. The molecule has 0 spiro atoms. The predicted molar refractivity (Wildman–Crippen MR) is 92.8 cm³/mol. The maximum atomic E-state index is 6.17. The number of ether oxygens (including phenoxy) is 1. The van der Waals surface area contributed by atoms with Crippen molar-refractivity contribution >= 4 is 0 Å². The summed E-state index contributed by atoms with van der Waals surface area (Å²) in [4.78, 5) is 8.02. The van der Waals surface area contributed by atoms with Crippen LogP contribution in [0.15, 0.2) is 18.2 Å². The van der Waals surface area contributed by atoms with Crippen molar-refractivity contribution in [1.29, 1.82) is 0 Å². The Hall–Kier alpha value is -1.81. The molecule has 3 rings (SSSR count). The van der Waals surface area contributed by atoms with Crippen LogP contribution in [0.4, 0.5) is 0 Å². The third-order valence-electron chi connectivity index (χ3n) is 4.51. The summed E-state index contributed by atoms with van der Waals surface area (Å²) in [5.41, 5.74) is 4.59. The minimum absolute atomic E-state index is 0.159. The fraction of sp³-hybridized carbons (Fsp3) is 0.526. The molecule has 4 nitrogen and oxygen atoms in total. The number of hydrogen-bond acceptors (Lipinski definition) is 3. The number of benzene rings is 1. The molecule has 4 heteroatoms. The summed E-state index contributed by atoms with van der Waals surface area (Å²) in [5.74, 6) is 2.06. The quantitative estimate of drug-likeness (QED) is 0.897. The van der Waals surface area contributed by atoms with E-state index in [1.54, 1.807) is 0 Å².